The maximum atomic E-state index is 12.5. The first-order valence-corrected chi connectivity index (χ1v) is 7.94. The molecule has 0 heterocycles. The van der Waals surface area contributed by atoms with Gasteiger partial charge in [-0.05, 0) is 35.4 Å². The van der Waals surface area contributed by atoms with Crippen molar-refractivity contribution in [2.24, 2.45) is 0 Å². The summed E-state index contributed by atoms with van der Waals surface area (Å²) in [7, 11) is 3.07. The fourth-order valence-corrected chi connectivity index (χ4v) is 2.94. The lowest BCUT2D eigenvalue weighted by molar-refractivity contribution is -0.139. The van der Waals surface area contributed by atoms with E-state index in [0.717, 1.165) is 22.1 Å². The molecule has 1 amide bonds. The van der Waals surface area contributed by atoms with Gasteiger partial charge in [0.2, 0.25) is 5.91 Å². The molecule has 0 spiro atoms. The number of ether oxygens (including phenoxy) is 2. The number of carboxylic acids is 1. The number of fused-ring (bicyclic) bond motifs is 1. The quantitative estimate of drug-likeness (QED) is 0.767. The van der Waals surface area contributed by atoms with Crippen molar-refractivity contribution in [3.05, 3.63) is 42.0 Å². The molecule has 1 unspecified atom stereocenters. The Morgan fingerprint density at radius 1 is 1.20 bits per heavy atom. The van der Waals surface area contributed by atoms with E-state index in [0.29, 0.717) is 0 Å². The van der Waals surface area contributed by atoms with E-state index in [1.807, 2.05) is 36.4 Å². The number of carbonyl (C=O) groups excluding carboxylic acids is 1. The van der Waals surface area contributed by atoms with Crippen LogP contribution in [0.1, 0.15) is 18.9 Å². The van der Waals surface area contributed by atoms with Crippen molar-refractivity contribution in [3.8, 4) is 5.75 Å². The van der Waals surface area contributed by atoms with E-state index in [1.54, 1.807) is 14.0 Å². The van der Waals surface area contributed by atoms with Crippen LogP contribution in [0.25, 0.3) is 10.8 Å². The summed E-state index contributed by atoms with van der Waals surface area (Å²) < 4.78 is 10.3. The molecule has 0 aliphatic carbocycles. The van der Waals surface area contributed by atoms with Gasteiger partial charge in [0.1, 0.15) is 5.75 Å². The van der Waals surface area contributed by atoms with Crippen molar-refractivity contribution in [1.82, 2.24) is 5.32 Å². The van der Waals surface area contributed by atoms with Gasteiger partial charge in [0, 0.05) is 7.11 Å². The zero-order valence-corrected chi connectivity index (χ0v) is 14.7. The summed E-state index contributed by atoms with van der Waals surface area (Å²) in [6.45, 7) is 1.78. The van der Waals surface area contributed by atoms with Crippen LogP contribution in [0.3, 0.4) is 0 Å². The third kappa shape index (κ3) is 4.93. The molecule has 0 saturated heterocycles. The first kappa shape index (κ1) is 18.7. The Balaban J connectivity index is 2.22. The van der Waals surface area contributed by atoms with Crippen LogP contribution < -0.4 is 10.1 Å². The van der Waals surface area contributed by atoms with Gasteiger partial charge in [0.05, 0.1) is 32.1 Å². The average molecular weight is 345 g/mol. The van der Waals surface area contributed by atoms with Crippen LogP contribution in [-0.2, 0) is 20.7 Å². The maximum Gasteiger partial charge on any atom is 0.305 e. The monoisotopic (exact) mass is 345 g/mol. The Kier molecular flexibility index (Phi) is 5.98. The predicted octanol–water partition coefficient (Wildman–Crippen LogP) is 2.39. The molecule has 2 rings (SSSR count). The molecule has 2 N–H and O–H groups in total. The summed E-state index contributed by atoms with van der Waals surface area (Å²) in [4.78, 5) is 23.5. The highest BCUT2D eigenvalue weighted by atomic mass is 16.5. The minimum absolute atomic E-state index is 0.119. The van der Waals surface area contributed by atoms with Gasteiger partial charge in [-0.2, -0.15) is 0 Å². The number of carboxylic acid groups (broad SMARTS) is 1. The van der Waals surface area contributed by atoms with Crippen LogP contribution >= 0.6 is 0 Å². The summed E-state index contributed by atoms with van der Waals surface area (Å²) in [5.74, 6) is -0.527. The molecule has 1 atom stereocenters. The van der Waals surface area contributed by atoms with Gasteiger partial charge >= 0.3 is 5.97 Å². The third-order valence-electron chi connectivity index (χ3n) is 3.98. The van der Waals surface area contributed by atoms with Crippen molar-refractivity contribution in [3.63, 3.8) is 0 Å². The number of carbonyl (C=O) groups is 2. The van der Waals surface area contributed by atoms with E-state index < -0.39 is 11.5 Å². The van der Waals surface area contributed by atoms with E-state index >= 15 is 0 Å². The van der Waals surface area contributed by atoms with Crippen LogP contribution in [0.4, 0.5) is 0 Å². The largest absolute Gasteiger partial charge is 0.497 e. The second kappa shape index (κ2) is 7.98. The number of methoxy groups -OCH3 is 2. The molecule has 2 aromatic carbocycles. The van der Waals surface area contributed by atoms with Gasteiger partial charge in [-0.15, -0.1) is 0 Å². The number of nitrogens with one attached hydrogen (secondary N) is 1. The van der Waals surface area contributed by atoms with E-state index in [-0.39, 0.29) is 25.4 Å². The van der Waals surface area contributed by atoms with Gasteiger partial charge in [0.15, 0.2) is 0 Å². The van der Waals surface area contributed by atoms with Crippen molar-refractivity contribution in [1.29, 1.82) is 0 Å². The Bertz CT molecular complexity index is 773. The lowest BCUT2D eigenvalue weighted by Crippen LogP contribution is -2.51. The number of aliphatic carboxylic acids is 1. The Morgan fingerprint density at radius 3 is 2.60 bits per heavy atom. The predicted molar refractivity (Wildman–Crippen MR) is 94.9 cm³/mol. The summed E-state index contributed by atoms with van der Waals surface area (Å²) in [5, 5.41) is 13.8. The summed E-state index contributed by atoms with van der Waals surface area (Å²) in [6.07, 6.45) is -0.0701. The second-order valence-electron chi connectivity index (χ2n) is 6.29. The molecule has 0 bridgehead atoms. The van der Waals surface area contributed by atoms with E-state index in [9.17, 15) is 9.59 Å². The minimum atomic E-state index is -0.991. The molecule has 6 heteroatoms. The molecule has 0 radical (unpaired) electrons. The normalized spacial score (nSPS) is 13.2. The molecule has 0 aromatic heterocycles. The first-order chi connectivity index (χ1) is 11.9. The average Bonchev–Trinajstić information content (AvgIpc) is 2.53. The maximum absolute atomic E-state index is 12.5. The van der Waals surface area contributed by atoms with Gasteiger partial charge in [-0.3, -0.25) is 9.59 Å². The van der Waals surface area contributed by atoms with E-state index in [1.165, 1.54) is 7.11 Å². The standard InChI is InChI=1S/C19H23NO5/c1-19(12-24-2,11-18(22)23)20-17(21)9-14-6-4-5-13-7-8-15(25-3)10-16(13)14/h4-8,10H,9,11-12H2,1-3H3,(H,20,21)(H,22,23). The SMILES string of the molecule is COCC(C)(CC(=O)O)NC(=O)Cc1cccc2ccc(OC)cc12. The molecular weight excluding hydrogens is 322 g/mol. The van der Waals surface area contributed by atoms with E-state index in [4.69, 9.17) is 14.6 Å². The molecular formula is C19H23NO5. The van der Waals surface area contributed by atoms with Gasteiger partial charge in [-0.25, -0.2) is 0 Å². The Morgan fingerprint density at radius 2 is 1.96 bits per heavy atom. The molecule has 0 fully saturated rings. The number of rotatable bonds is 8. The van der Waals surface area contributed by atoms with Crippen molar-refractivity contribution in [2.75, 3.05) is 20.8 Å². The third-order valence-corrected chi connectivity index (χ3v) is 3.98. The molecule has 2 aromatic rings. The summed E-state index contributed by atoms with van der Waals surface area (Å²) >= 11 is 0. The molecule has 0 aliphatic rings. The number of benzene rings is 2. The Hall–Kier alpha value is -2.60. The number of hydrogen-bond acceptors (Lipinski definition) is 4. The lowest BCUT2D eigenvalue weighted by Gasteiger charge is -2.28. The molecule has 6 nitrogen and oxygen atoms in total. The van der Waals surface area contributed by atoms with Gasteiger partial charge < -0.3 is 19.9 Å². The van der Waals surface area contributed by atoms with Crippen LogP contribution in [0.15, 0.2) is 36.4 Å². The highest BCUT2D eigenvalue weighted by Crippen LogP contribution is 2.24. The highest BCUT2D eigenvalue weighted by molar-refractivity contribution is 5.91. The van der Waals surface area contributed by atoms with Gasteiger partial charge in [-0.1, -0.05) is 24.3 Å². The van der Waals surface area contributed by atoms with Crippen LogP contribution in [0.5, 0.6) is 5.75 Å². The minimum Gasteiger partial charge on any atom is -0.497 e. The zero-order valence-electron chi connectivity index (χ0n) is 14.7. The first-order valence-electron chi connectivity index (χ1n) is 7.94. The molecule has 0 aliphatic heterocycles. The highest BCUT2D eigenvalue weighted by Gasteiger charge is 2.29. The zero-order chi connectivity index (χ0) is 18.4. The number of amides is 1. The Labute approximate surface area is 146 Å². The van der Waals surface area contributed by atoms with Crippen molar-refractivity contribution in [2.45, 2.75) is 25.3 Å². The van der Waals surface area contributed by atoms with Crippen LogP contribution in [0.2, 0.25) is 0 Å². The number of hydrogen-bond donors (Lipinski definition) is 2. The van der Waals surface area contributed by atoms with E-state index in [2.05, 4.69) is 5.32 Å². The second-order valence-corrected chi connectivity index (χ2v) is 6.29. The molecule has 134 valence electrons. The lowest BCUT2D eigenvalue weighted by atomic mass is 9.97. The topological polar surface area (TPSA) is 84.9 Å². The van der Waals surface area contributed by atoms with Crippen LogP contribution in [0, 0.1) is 0 Å². The fraction of sp³-hybridized carbons (Fsp3) is 0.368. The summed E-state index contributed by atoms with van der Waals surface area (Å²) in [5.41, 5.74) is -0.107. The van der Waals surface area contributed by atoms with Crippen molar-refractivity contribution >= 4 is 22.6 Å². The smallest absolute Gasteiger partial charge is 0.305 e. The summed E-state index contributed by atoms with van der Waals surface area (Å²) in [6, 6.07) is 11.4. The van der Waals surface area contributed by atoms with Crippen LogP contribution in [-0.4, -0.2) is 43.3 Å². The molecule has 0 saturated carbocycles. The van der Waals surface area contributed by atoms with Gasteiger partial charge in [0.25, 0.3) is 0 Å². The molecule has 25 heavy (non-hydrogen) atoms. The van der Waals surface area contributed by atoms with Crippen molar-refractivity contribution < 1.29 is 24.2 Å². The fourth-order valence-electron chi connectivity index (χ4n) is 2.94.